The predicted octanol–water partition coefficient (Wildman–Crippen LogP) is -1.11. The quantitative estimate of drug-likeness (QED) is 0.271. The Morgan fingerprint density at radius 1 is 1.79 bits per heavy atom. The first kappa shape index (κ1) is 11.0. The number of carbonyl (C=O) groups excluding carboxylic acids is 2. The van der Waals surface area contributed by atoms with Gasteiger partial charge in [0.05, 0.1) is 0 Å². The van der Waals surface area contributed by atoms with E-state index in [4.69, 9.17) is 0 Å². The second-order valence-corrected chi connectivity index (χ2v) is 5.81. The number of ether oxygens (including phenoxy) is 1. The molecule has 0 radical (unpaired) electrons. The fraction of sp³-hybridized carbons (Fsp3) is 0.667. The Bertz CT molecular complexity index is 267. The molecule has 0 aromatic heterocycles. The van der Waals surface area contributed by atoms with Crippen molar-refractivity contribution < 1.29 is 24.3 Å². The van der Waals surface area contributed by atoms with Gasteiger partial charge in [-0.1, -0.05) is 0 Å². The molecule has 1 fully saturated rings. The zero-order valence-electron chi connectivity index (χ0n) is 7.10. The second kappa shape index (κ2) is 4.95. The molecule has 0 bridgehead atoms. The average Bonchev–Trinajstić information content (AvgIpc) is 2.49. The molecule has 78 valence electrons. The molecule has 1 aliphatic heterocycles. The summed E-state index contributed by atoms with van der Waals surface area (Å²) in [5, 5.41) is 8.74. The number of hydrogen-bond acceptors (Lipinski definition) is 6. The molecule has 0 aromatic carbocycles. The third-order valence-corrected chi connectivity index (χ3v) is 4.38. The van der Waals surface area contributed by atoms with E-state index in [1.807, 2.05) is 0 Å². The predicted molar refractivity (Wildman–Crippen MR) is 44.4 cm³/mol. The number of esters is 1. The Morgan fingerprint density at radius 3 is 3.00 bits per heavy atom. The Balaban J connectivity index is 2.26. The van der Waals surface area contributed by atoms with Crippen LogP contribution in [0, 0.1) is 10.1 Å². The molecule has 1 saturated heterocycles. The first-order chi connectivity index (χ1) is 6.59. The molecule has 0 aliphatic carbocycles. The summed E-state index contributed by atoms with van der Waals surface area (Å²) in [4.78, 5) is 35.7. The molecule has 1 heterocycles. The van der Waals surface area contributed by atoms with Crippen LogP contribution in [0.15, 0.2) is 0 Å². The molecule has 0 aromatic rings. The van der Waals surface area contributed by atoms with Crippen molar-refractivity contribution in [1.29, 1.82) is 0 Å². The van der Waals surface area contributed by atoms with Crippen LogP contribution in [0.3, 0.4) is 0 Å². The summed E-state index contributed by atoms with van der Waals surface area (Å²) in [6.07, 6.45) is 0.545. The van der Waals surface area contributed by atoms with Crippen LogP contribution in [0.5, 0.6) is 0 Å². The topological polar surface area (TPSA) is 95.7 Å². The third kappa shape index (κ3) is 3.33. The van der Waals surface area contributed by atoms with E-state index in [0.717, 1.165) is 0 Å². The summed E-state index contributed by atoms with van der Waals surface area (Å²) >= 11 is -1.19. The van der Waals surface area contributed by atoms with Gasteiger partial charge >= 0.3 is 85.0 Å². The monoisotopic (exact) mass is 265 g/mol. The van der Waals surface area contributed by atoms with E-state index in [9.17, 15) is 19.7 Å². The Labute approximate surface area is 85.5 Å². The van der Waals surface area contributed by atoms with Gasteiger partial charge < -0.3 is 0 Å². The van der Waals surface area contributed by atoms with Crippen molar-refractivity contribution >= 4 is 26.3 Å². The SMILES string of the molecule is O=C(CO[N+](=O)[O-])[AsH]C1CCOC1=O. The molecular formula is C6H8AsNO6. The minimum atomic E-state index is -1.19. The molecular weight excluding hydrogens is 257 g/mol. The maximum atomic E-state index is 11.1. The van der Waals surface area contributed by atoms with Crippen molar-refractivity contribution in [3.8, 4) is 0 Å². The summed E-state index contributed by atoms with van der Waals surface area (Å²) in [6.45, 7) is -0.201. The summed E-state index contributed by atoms with van der Waals surface area (Å²) in [7, 11) is 0. The fourth-order valence-corrected chi connectivity index (χ4v) is 3.07. The van der Waals surface area contributed by atoms with Gasteiger partial charge in [-0.2, -0.15) is 0 Å². The van der Waals surface area contributed by atoms with E-state index in [1.54, 1.807) is 0 Å². The van der Waals surface area contributed by atoms with E-state index in [-0.39, 0.29) is 15.2 Å². The summed E-state index contributed by atoms with van der Waals surface area (Å²) < 4.78 is 3.98. The fourth-order valence-electron chi connectivity index (χ4n) is 0.974. The number of cyclic esters (lactones) is 1. The van der Waals surface area contributed by atoms with Gasteiger partial charge in [-0.05, 0) is 0 Å². The standard InChI is InChI=1S/C6H8AsNO6/c9-5(3-14-8(11)12)7-4-1-2-13-6(4)10/h4,7H,1-3H2. The molecule has 0 saturated carbocycles. The van der Waals surface area contributed by atoms with E-state index < -0.39 is 27.4 Å². The molecule has 8 heteroatoms. The van der Waals surface area contributed by atoms with E-state index in [1.165, 1.54) is 0 Å². The molecule has 14 heavy (non-hydrogen) atoms. The zero-order chi connectivity index (χ0) is 10.6. The van der Waals surface area contributed by atoms with E-state index >= 15 is 0 Å². The van der Waals surface area contributed by atoms with Gasteiger partial charge in [0, 0.05) is 0 Å². The van der Waals surface area contributed by atoms with Gasteiger partial charge in [0.25, 0.3) is 0 Å². The molecule has 1 rings (SSSR count). The van der Waals surface area contributed by atoms with Crippen LogP contribution in [0.1, 0.15) is 6.42 Å². The first-order valence-corrected chi connectivity index (χ1v) is 6.09. The summed E-state index contributed by atoms with van der Waals surface area (Å²) in [6, 6.07) is 0. The Hall–Kier alpha value is -1.10. The number of carbonyl (C=O) groups is 2. The van der Waals surface area contributed by atoms with Crippen molar-refractivity contribution in [2.75, 3.05) is 13.2 Å². The molecule has 0 amide bonds. The van der Waals surface area contributed by atoms with Crippen molar-refractivity contribution in [3.05, 3.63) is 10.1 Å². The van der Waals surface area contributed by atoms with Crippen LogP contribution in [0.4, 0.5) is 0 Å². The van der Waals surface area contributed by atoms with Crippen LogP contribution in [-0.2, 0) is 19.2 Å². The van der Waals surface area contributed by atoms with Crippen LogP contribution in [0.25, 0.3) is 0 Å². The third-order valence-electron chi connectivity index (χ3n) is 1.57. The van der Waals surface area contributed by atoms with Gasteiger partial charge in [-0.25, -0.2) is 0 Å². The maximum absolute atomic E-state index is 11.1. The van der Waals surface area contributed by atoms with Crippen LogP contribution >= 0.6 is 0 Å². The van der Waals surface area contributed by atoms with Gasteiger partial charge in [0.1, 0.15) is 0 Å². The van der Waals surface area contributed by atoms with Crippen molar-refractivity contribution in [2.45, 2.75) is 11.1 Å². The zero-order valence-corrected chi connectivity index (χ0v) is 9.19. The second-order valence-electron chi connectivity index (χ2n) is 2.57. The molecule has 2 atom stereocenters. The number of rotatable bonds is 5. The van der Waals surface area contributed by atoms with Crippen LogP contribution in [0.2, 0.25) is 4.71 Å². The summed E-state index contributed by atoms with van der Waals surface area (Å²) in [5.74, 6) is -0.362. The Kier molecular flexibility index (Phi) is 3.88. The van der Waals surface area contributed by atoms with Crippen molar-refractivity contribution in [1.82, 2.24) is 0 Å². The van der Waals surface area contributed by atoms with Gasteiger partial charge in [0.15, 0.2) is 0 Å². The average molecular weight is 265 g/mol. The molecule has 2 unspecified atom stereocenters. The Morgan fingerprint density at radius 2 is 2.50 bits per heavy atom. The van der Waals surface area contributed by atoms with Gasteiger partial charge in [0.2, 0.25) is 0 Å². The molecule has 0 N–H and O–H groups in total. The van der Waals surface area contributed by atoms with E-state index in [2.05, 4.69) is 9.57 Å². The van der Waals surface area contributed by atoms with Crippen LogP contribution < -0.4 is 0 Å². The van der Waals surface area contributed by atoms with Gasteiger partial charge in [-0.3, -0.25) is 0 Å². The van der Waals surface area contributed by atoms with Crippen molar-refractivity contribution in [3.63, 3.8) is 0 Å². The number of nitrogens with zero attached hydrogens (tertiary/aromatic N) is 1. The first-order valence-electron chi connectivity index (χ1n) is 3.83. The summed E-state index contributed by atoms with van der Waals surface area (Å²) in [5.41, 5.74) is 0. The molecule has 0 spiro atoms. The van der Waals surface area contributed by atoms with Crippen molar-refractivity contribution in [2.24, 2.45) is 0 Å². The van der Waals surface area contributed by atoms with Crippen LogP contribution in [-0.4, -0.2) is 44.6 Å². The van der Waals surface area contributed by atoms with E-state index in [0.29, 0.717) is 13.0 Å². The van der Waals surface area contributed by atoms with Gasteiger partial charge in [-0.15, -0.1) is 0 Å². The normalized spacial score (nSPS) is 21.1. The minimum absolute atomic E-state index is 0.335. The molecule has 1 aliphatic rings. The number of hydrogen-bond donors (Lipinski definition) is 0. The molecule has 7 nitrogen and oxygen atoms in total.